The van der Waals surface area contributed by atoms with Gasteiger partial charge in [-0.25, -0.2) is 0 Å². The summed E-state index contributed by atoms with van der Waals surface area (Å²) in [5, 5.41) is 2.93. The Kier molecular flexibility index (Phi) is 8.14. The minimum absolute atomic E-state index is 0.111. The Bertz CT molecular complexity index is 983. The second-order valence-corrected chi connectivity index (χ2v) is 9.30. The standard InChI is InChI=1S/C24H29BrN2O4S/c1-14-7-6-8-15(2)22(14)26-21(28)13-30-23-19(25)9-18(10-20(23)29-5)24(32)27-11-16(3)31-17(4)12-27/h6-10,16-17H,11-13H2,1-5H3,(H,26,28)/t16-,17-/m1/s1. The summed E-state index contributed by atoms with van der Waals surface area (Å²) in [6.45, 7) is 9.33. The van der Waals surface area contributed by atoms with Crippen LogP contribution in [0.3, 0.4) is 0 Å². The number of anilines is 1. The minimum Gasteiger partial charge on any atom is -0.493 e. The average molecular weight is 521 g/mol. The van der Waals surface area contributed by atoms with E-state index >= 15 is 0 Å². The van der Waals surface area contributed by atoms with Crippen LogP contribution >= 0.6 is 28.1 Å². The van der Waals surface area contributed by atoms with Crippen LogP contribution in [-0.2, 0) is 9.53 Å². The van der Waals surface area contributed by atoms with Crippen molar-refractivity contribution in [2.75, 3.05) is 32.1 Å². The lowest BCUT2D eigenvalue weighted by atomic mass is 10.1. The van der Waals surface area contributed by atoms with Gasteiger partial charge in [-0.05, 0) is 66.9 Å². The van der Waals surface area contributed by atoms with Gasteiger partial charge in [0.25, 0.3) is 5.91 Å². The van der Waals surface area contributed by atoms with Gasteiger partial charge in [0.15, 0.2) is 18.1 Å². The number of aryl methyl sites for hydroxylation is 2. The van der Waals surface area contributed by atoms with Crippen LogP contribution in [0.4, 0.5) is 5.69 Å². The van der Waals surface area contributed by atoms with Gasteiger partial charge in [0.1, 0.15) is 4.99 Å². The van der Waals surface area contributed by atoms with Crippen molar-refractivity contribution in [1.82, 2.24) is 4.90 Å². The summed E-state index contributed by atoms with van der Waals surface area (Å²) in [5.74, 6) is 0.720. The van der Waals surface area contributed by atoms with Crippen molar-refractivity contribution in [3.8, 4) is 11.5 Å². The zero-order valence-corrected chi connectivity index (χ0v) is 21.4. The number of para-hydroxylation sites is 1. The number of rotatable bonds is 6. The molecule has 0 aliphatic carbocycles. The van der Waals surface area contributed by atoms with Crippen molar-refractivity contribution in [3.63, 3.8) is 0 Å². The molecule has 0 aromatic heterocycles. The zero-order valence-electron chi connectivity index (χ0n) is 19.0. The molecule has 0 unspecified atom stereocenters. The number of hydrogen-bond acceptors (Lipinski definition) is 5. The lowest BCUT2D eigenvalue weighted by molar-refractivity contribution is -0.118. The monoisotopic (exact) mass is 520 g/mol. The van der Waals surface area contributed by atoms with Crippen LogP contribution in [0.5, 0.6) is 11.5 Å². The molecule has 1 heterocycles. The molecule has 32 heavy (non-hydrogen) atoms. The van der Waals surface area contributed by atoms with E-state index in [0.717, 1.165) is 40.5 Å². The predicted molar refractivity (Wildman–Crippen MR) is 134 cm³/mol. The van der Waals surface area contributed by atoms with E-state index in [1.54, 1.807) is 7.11 Å². The topological polar surface area (TPSA) is 60.0 Å². The smallest absolute Gasteiger partial charge is 0.262 e. The van der Waals surface area contributed by atoms with E-state index in [1.807, 2.05) is 58.0 Å². The number of hydrogen-bond donors (Lipinski definition) is 1. The lowest BCUT2D eigenvalue weighted by Gasteiger charge is -2.37. The molecule has 0 bridgehead atoms. The molecule has 1 saturated heterocycles. The molecule has 2 atom stereocenters. The fourth-order valence-electron chi connectivity index (χ4n) is 3.83. The molecule has 1 fully saturated rings. The van der Waals surface area contributed by atoms with E-state index in [9.17, 15) is 4.79 Å². The number of benzene rings is 2. The van der Waals surface area contributed by atoms with Crippen LogP contribution < -0.4 is 14.8 Å². The molecular weight excluding hydrogens is 492 g/mol. The molecule has 2 aromatic carbocycles. The summed E-state index contributed by atoms with van der Waals surface area (Å²) < 4.78 is 17.9. The molecule has 1 aliphatic heterocycles. The van der Waals surface area contributed by atoms with Crippen LogP contribution in [-0.4, -0.2) is 54.8 Å². The van der Waals surface area contributed by atoms with Crippen LogP contribution in [0.15, 0.2) is 34.8 Å². The Hall–Kier alpha value is -2.16. The van der Waals surface area contributed by atoms with Gasteiger partial charge >= 0.3 is 0 Å². The molecule has 1 amide bonds. The van der Waals surface area contributed by atoms with E-state index in [-0.39, 0.29) is 24.7 Å². The molecule has 0 spiro atoms. The van der Waals surface area contributed by atoms with Crippen LogP contribution in [0.1, 0.15) is 30.5 Å². The number of carbonyl (C=O) groups excluding carboxylic acids is 1. The second kappa shape index (κ2) is 10.6. The minimum atomic E-state index is -0.243. The normalized spacial score (nSPS) is 18.2. The Balaban J connectivity index is 1.72. The molecule has 172 valence electrons. The largest absolute Gasteiger partial charge is 0.493 e. The predicted octanol–water partition coefficient (Wildman–Crippen LogP) is 4.88. The van der Waals surface area contributed by atoms with Gasteiger partial charge in [-0.2, -0.15) is 0 Å². The van der Waals surface area contributed by atoms with Crippen LogP contribution in [0, 0.1) is 13.8 Å². The third-order valence-electron chi connectivity index (χ3n) is 5.28. The second-order valence-electron chi connectivity index (χ2n) is 8.06. The Labute approximate surface area is 203 Å². The summed E-state index contributed by atoms with van der Waals surface area (Å²) in [4.78, 5) is 15.4. The molecule has 8 heteroatoms. The molecule has 2 aromatic rings. The van der Waals surface area contributed by atoms with E-state index < -0.39 is 0 Å². The van der Waals surface area contributed by atoms with E-state index in [2.05, 4.69) is 26.1 Å². The van der Waals surface area contributed by atoms with Crippen molar-refractivity contribution in [2.24, 2.45) is 0 Å². The molecular formula is C24H29BrN2O4S. The summed E-state index contributed by atoms with van der Waals surface area (Å²) in [5.41, 5.74) is 3.66. The maximum atomic E-state index is 12.5. The number of nitrogens with one attached hydrogen (secondary N) is 1. The SMILES string of the molecule is COc1cc(C(=S)N2C[C@@H](C)O[C@H](C)C2)cc(Br)c1OCC(=O)Nc1c(C)cccc1C. The van der Waals surface area contributed by atoms with Crippen molar-refractivity contribution in [3.05, 3.63) is 51.5 Å². The average Bonchev–Trinajstić information content (AvgIpc) is 2.73. The first-order valence-electron chi connectivity index (χ1n) is 10.5. The Morgan fingerprint density at radius 2 is 1.84 bits per heavy atom. The number of morpholine rings is 1. The number of thiocarbonyl (C=S) groups is 1. The number of amides is 1. The van der Waals surface area contributed by atoms with Gasteiger partial charge in [0, 0.05) is 24.3 Å². The summed E-state index contributed by atoms with van der Waals surface area (Å²) in [7, 11) is 1.57. The van der Waals surface area contributed by atoms with Gasteiger partial charge in [-0.3, -0.25) is 4.79 Å². The van der Waals surface area contributed by atoms with Gasteiger partial charge in [-0.1, -0.05) is 30.4 Å². The quantitative estimate of drug-likeness (QED) is 0.548. The number of carbonyl (C=O) groups is 1. The number of nitrogens with zero attached hydrogens (tertiary/aromatic N) is 1. The third-order valence-corrected chi connectivity index (χ3v) is 6.36. The number of methoxy groups -OCH3 is 1. The van der Waals surface area contributed by atoms with E-state index in [1.165, 1.54) is 0 Å². The molecule has 0 saturated carbocycles. The number of ether oxygens (including phenoxy) is 3. The van der Waals surface area contributed by atoms with E-state index in [4.69, 9.17) is 26.4 Å². The van der Waals surface area contributed by atoms with Crippen molar-refractivity contribution in [2.45, 2.75) is 39.9 Å². The van der Waals surface area contributed by atoms with Gasteiger partial charge < -0.3 is 24.4 Å². The highest BCUT2D eigenvalue weighted by atomic mass is 79.9. The molecule has 0 radical (unpaired) electrons. The van der Waals surface area contributed by atoms with E-state index in [0.29, 0.717) is 16.0 Å². The molecule has 1 aliphatic rings. The van der Waals surface area contributed by atoms with Crippen molar-refractivity contribution >= 4 is 44.7 Å². The van der Waals surface area contributed by atoms with Gasteiger partial charge in [-0.15, -0.1) is 0 Å². The first-order valence-corrected chi connectivity index (χ1v) is 11.7. The summed E-state index contributed by atoms with van der Waals surface area (Å²) in [6, 6.07) is 9.62. The van der Waals surface area contributed by atoms with Crippen LogP contribution in [0.2, 0.25) is 0 Å². The molecule has 6 nitrogen and oxygen atoms in total. The summed E-state index contributed by atoms with van der Waals surface area (Å²) in [6.07, 6.45) is 0.222. The number of halogens is 1. The zero-order chi connectivity index (χ0) is 23.4. The highest BCUT2D eigenvalue weighted by molar-refractivity contribution is 9.10. The lowest BCUT2D eigenvalue weighted by Crippen LogP contribution is -2.47. The molecule has 1 N–H and O–H groups in total. The highest BCUT2D eigenvalue weighted by Gasteiger charge is 2.26. The Morgan fingerprint density at radius 1 is 1.22 bits per heavy atom. The van der Waals surface area contributed by atoms with Gasteiger partial charge in [0.2, 0.25) is 0 Å². The maximum absolute atomic E-state index is 12.5. The maximum Gasteiger partial charge on any atom is 0.262 e. The highest BCUT2D eigenvalue weighted by Crippen LogP contribution is 2.37. The van der Waals surface area contributed by atoms with Crippen LogP contribution in [0.25, 0.3) is 0 Å². The van der Waals surface area contributed by atoms with Crippen molar-refractivity contribution in [1.29, 1.82) is 0 Å². The fraction of sp³-hybridized carbons (Fsp3) is 0.417. The first kappa shape index (κ1) is 24.5. The molecule has 3 rings (SSSR count). The van der Waals surface area contributed by atoms with Gasteiger partial charge in [0.05, 0.1) is 23.8 Å². The van der Waals surface area contributed by atoms with Crippen molar-refractivity contribution < 1.29 is 19.0 Å². The Morgan fingerprint density at radius 3 is 2.44 bits per heavy atom. The summed E-state index contributed by atoms with van der Waals surface area (Å²) >= 11 is 9.30. The third kappa shape index (κ3) is 5.79. The fourth-order valence-corrected chi connectivity index (χ4v) is 4.66. The first-order chi connectivity index (χ1) is 15.2.